The predicted octanol–water partition coefficient (Wildman–Crippen LogP) is 0.767. The van der Waals surface area contributed by atoms with Crippen molar-refractivity contribution in [2.75, 3.05) is 12.3 Å². The van der Waals surface area contributed by atoms with E-state index in [0.717, 1.165) is 24.3 Å². The monoisotopic (exact) mass is 195 g/mol. The van der Waals surface area contributed by atoms with Crippen LogP contribution in [-0.2, 0) is 18.6 Å². The molecule has 0 spiro atoms. The molecule has 13 heavy (non-hydrogen) atoms. The molecule has 70 valence electrons. The molecular formula is C9H13N3S. The number of rotatable bonds is 2. The minimum atomic E-state index is 0.675. The molecule has 0 unspecified atom stereocenters. The zero-order valence-electron chi connectivity index (χ0n) is 7.49. The molecule has 0 radical (unpaired) electrons. The van der Waals surface area contributed by atoms with Crippen LogP contribution < -0.4 is 5.73 Å². The summed E-state index contributed by atoms with van der Waals surface area (Å²) >= 11 is 1.96. The Labute approximate surface area is 82.2 Å². The van der Waals surface area contributed by atoms with Gasteiger partial charge in [0.15, 0.2) is 0 Å². The first kappa shape index (κ1) is 8.97. The van der Waals surface area contributed by atoms with Gasteiger partial charge < -0.3 is 5.73 Å². The molecule has 0 atom stereocenters. The molecule has 2 rings (SSSR count). The maximum Gasteiger partial charge on any atom is 0.115 e. The lowest BCUT2D eigenvalue weighted by Crippen LogP contribution is -2.13. The Bertz CT molecular complexity index is 301. The third-order valence-corrected chi connectivity index (χ3v) is 3.22. The molecule has 3 nitrogen and oxygen atoms in total. The van der Waals surface area contributed by atoms with E-state index in [-0.39, 0.29) is 0 Å². The molecule has 1 aliphatic rings. The molecule has 1 aromatic heterocycles. The van der Waals surface area contributed by atoms with Gasteiger partial charge in [-0.1, -0.05) is 0 Å². The Balaban J connectivity index is 2.34. The number of thioether (sulfide) groups is 1. The van der Waals surface area contributed by atoms with Crippen LogP contribution in [0.1, 0.15) is 17.0 Å². The van der Waals surface area contributed by atoms with Crippen LogP contribution in [0.4, 0.5) is 0 Å². The van der Waals surface area contributed by atoms with Gasteiger partial charge in [-0.3, -0.25) is 0 Å². The smallest absolute Gasteiger partial charge is 0.115 e. The zero-order chi connectivity index (χ0) is 9.10. The quantitative estimate of drug-likeness (QED) is 0.757. The maximum absolute atomic E-state index is 5.53. The van der Waals surface area contributed by atoms with Crippen LogP contribution >= 0.6 is 11.8 Å². The molecule has 0 fully saturated rings. The number of hydrogen-bond acceptors (Lipinski definition) is 4. The molecule has 0 aliphatic carbocycles. The van der Waals surface area contributed by atoms with Crippen LogP contribution in [0, 0.1) is 0 Å². The third-order valence-electron chi connectivity index (χ3n) is 2.23. The Kier molecular flexibility index (Phi) is 2.80. The van der Waals surface area contributed by atoms with E-state index in [0.29, 0.717) is 6.54 Å². The second-order valence-corrected chi connectivity index (χ2v) is 4.19. The van der Waals surface area contributed by atoms with Crippen LogP contribution in [0.3, 0.4) is 0 Å². The molecule has 0 bridgehead atoms. The number of hydrogen-bond donors (Lipinski definition) is 1. The van der Waals surface area contributed by atoms with Crippen molar-refractivity contribution in [3.05, 3.63) is 23.3 Å². The van der Waals surface area contributed by atoms with E-state index >= 15 is 0 Å². The van der Waals surface area contributed by atoms with E-state index < -0.39 is 0 Å². The Morgan fingerprint density at radius 2 is 2.38 bits per heavy atom. The second-order valence-electron chi connectivity index (χ2n) is 3.09. The fraction of sp³-hybridized carbons (Fsp3) is 0.556. The Morgan fingerprint density at radius 1 is 1.46 bits per heavy atom. The van der Waals surface area contributed by atoms with Crippen molar-refractivity contribution in [3.63, 3.8) is 0 Å². The molecule has 0 saturated heterocycles. The maximum atomic E-state index is 5.53. The van der Waals surface area contributed by atoms with Crippen LogP contribution in [0.25, 0.3) is 0 Å². The lowest BCUT2D eigenvalue weighted by Gasteiger charge is -2.16. The molecule has 1 aromatic rings. The van der Waals surface area contributed by atoms with Gasteiger partial charge in [0.1, 0.15) is 6.33 Å². The van der Waals surface area contributed by atoms with Gasteiger partial charge in [-0.15, -0.1) is 0 Å². The molecular weight excluding hydrogens is 182 g/mol. The summed E-state index contributed by atoms with van der Waals surface area (Å²) in [5.74, 6) is 2.25. The summed E-state index contributed by atoms with van der Waals surface area (Å²) in [4.78, 5) is 8.57. The van der Waals surface area contributed by atoms with Crippen molar-refractivity contribution in [1.29, 1.82) is 0 Å². The zero-order valence-corrected chi connectivity index (χ0v) is 8.31. The van der Waals surface area contributed by atoms with Gasteiger partial charge in [0.2, 0.25) is 0 Å². The summed E-state index contributed by atoms with van der Waals surface area (Å²) in [5, 5.41) is 0. The standard InChI is InChI=1S/C9H13N3S/c10-3-1-8-7-5-13-4-2-9(7)12-6-11-8/h6H,1-5,10H2. The van der Waals surface area contributed by atoms with Gasteiger partial charge in [-0.05, 0) is 18.7 Å². The van der Waals surface area contributed by atoms with E-state index in [4.69, 9.17) is 5.73 Å². The summed E-state index contributed by atoms with van der Waals surface area (Å²) < 4.78 is 0. The number of fused-ring (bicyclic) bond motifs is 1. The van der Waals surface area contributed by atoms with Crippen molar-refractivity contribution in [3.8, 4) is 0 Å². The Hall–Kier alpha value is -0.610. The summed E-state index contributed by atoms with van der Waals surface area (Å²) in [7, 11) is 0. The second kappa shape index (κ2) is 4.07. The normalized spacial score (nSPS) is 15.5. The van der Waals surface area contributed by atoms with Gasteiger partial charge >= 0.3 is 0 Å². The molecule has 0 amide bonds. The van der Waals surface area contributed by atoms with E-state index in [2.05, 4.69) is 9.97 Å². The van der Waals surface area contributed by atoms with E-state index in [9.17, 15) is 0 Å². The largest absolute Gasteiger partial charge is 0.330 e. The van der Waals surface area contributed by atoms with Gasteiger partial charge in [-0.2, -0.15) is 11.8 Å². The van der Waals surface area contributed by atoms with Gasteiger partial charge in [0.25, 0.3) is 0 Å². The first-order valence-corrected chi connectivity index (χ1v) is 5.66. The highest BCUT2D eigenvalue weighted by Gasteiger charge is 2.14. The van der Waals surface area contributed by atoms with Crippen LogP contribution in [0.15, 0.2) is 6.33 Å². The van der Waals surface area contributed by atoms with Gasteiger partial charge in [-0.25, -0.2) is 9.97 Å². The number of nitrogens with two attached hydrogens (primary N) is 1. The fourth-order valence-corrected chi connectivity index (χ4v) is 2.59. The molecule has 2 heterocycles. The summed E-state index contributed by atoms with van der Waals surface area (Å²) in [5.41, 5.74) is 9.25. The Morgan fingerprint density at radius 3 is 3.23 bits per heavy atom. The highest BCUT2D eigenvalue weighted by atomic mass is 32.2. The van der Waals surface area contributed by atoms with Gasteiger partial charge in [0, 0.05) is 29.1 Å². The minimum Gasteiger partial charge on any atom is -0.330 e. The predicted molar refractivity (Wildman–Crippen MR) is 54.7 cm³/mol. The van der Waals surface area contributed by atoms with Crippen LogP contribution in [-0.4, -0.2) is 22.3 Å². The van der Waals surface area contributed by atoms with Crippen molar-refractivity contribution in [2.45, 2.75) is 18.6 Å². The lowest BCUT2D eigenvalue weighted by atomic mass is 10.1. The summed E-state index contributed by atoms with van der Waals surface area (Å²) in [6.45, 7) is 0.675. The van der Waals surface area contributed by atoms with Crippen LogP contribution in [0.5, 0.6) is 0 Å². The topological polar surface area (TPSA) is 51.8 Å². The third kappa shape index (κ3) is 1.84. The fourth-order valence-electron chi connectivity index (χ4n) is 1.57. The van der Waals surface area contributed by atoms with Crippen LogP contribution in [0.2, 0.25) is 0 Å². The summed E-state index contributed by atoms with van der Waals surface area (Å²) in [6.07, 6.45) is 3.63. The molecule has 1 aliphatic heterocycles. The summed E-state index contributed by atoms with van der Waals surface area (Å²) in [6, 6.07) is 0. The van der Waals surface area contributed by atoms with Gasteiger partial charge in [0.05, 0.1) is 0 Å². The first-order valence-electron chi connectivity index (χ1n) is 4.51. The average Bonchev–Trinajstić information content (AvgIpc) is 2.19. The lowest BCUT2D eigenvalue weighted by molar-refractivity contribution is 0.854. The minimum absolute atomic E-state index is 0.675. The van der Waals surface area contributed by atoms with Crippen molar-refractivity contribution >= 4 is 11.8 Å². The number of aryl methyl sites for hydroxylation is 1. The molecule has 4 heteroatoms. The van der Waals surface area contributed by atoms with Crippen molar-refractivity contribution < 1.29 is 0 Å². The number of aromatic nitrogens is 2. The van der Waals surface area contributed by atoms with E-state index in [1.807, 2.05) is 11.8 Å². The van der Waals surface area contributed by atoms with Crippen molar-refractivity contribution in [2.24, 2.45) is 5.73 Å². The highest BCUT2D eigenvalue weighted by Crippen LogP contribution is 2.24. The molecule has 0 aromatic carbocycles. The van der Waals surface area contributed by atoms with E-state index in [1.54, 1.807) is 6.33 Å². The molecule has 2 N–H and O–H groups in total. The van der Waals surface area contributed by atoms with Crippen molar-refractivity contribution in [1.82, 2.24) is 9.97 Å². The number of nitrogens with zero attached hydrogens (tertiary/aromatic N) is 2. The molecule has 0 saturated carbocycles. The SMILES string of the molecule is NCCc1ncnc2c1CSCC2. The first-order chi connectivity index (χ1) is 6.42. The highest BCUT2D eigenvalue weighted by molar-refractivity contribution is 7.98. The van der Waals surface area contributed by atoms with E-state index in [1.165, 1.54) is 17.0 Å². The average molecular weight is 195 g/mol.